The van der Waals surface area contributed by atoms with Gasteiger partial charge in [-0.25, -0.2) is 0 Å². The van der Waals surface area contributed by atoms with Crippen LogP contribution in [0.15, 0.2) is 53.0 Å². The van der Waals surface area contributed by atoms with Gasteiger partial charge in [-0.05, 0) is 43.3 Å². The number of carbonyl (C=O) groups excluding carboxylic acids is 2. The zero-order chi connectivity index (χ0) is 17.5. The number of hydrogen-bond acceptors (Lipinski definition) is 3. The summed E-state index contributed by atoms with van der Waals surface area (Å²) in [5.74, 6) is -0.739. The van der Waals surface area contributed by atoms with Crippen LogP contribution in [0, 0.1) is 0 Å². The third-order valence-electron chi connectivity index (χ3n) is 3.58. The van der Waals surface area contributed by atoms with Crippen LogP contribution in [-0.2, 0) is 11.2 Å². The van der Waals surface area contributed by atoms with E-state index in [-0.39, 0.29) is 12.5 Å². The van der Waals surface area contributed by atoms with Gasteiger partial charge in [-0.15, -0.1) is 0 Å². The first-order valence-electron chi connectivity index (χ1n) is 7.57. The van der Waals surface area contributed by atoms with Crippen LogP contribution in [0.25, 0.3) is 0 Å². The maximum atomic E-state index is 12.1. The van der Waals surface area contributed by atoms with E-state index in [1.165, 1.54) is 5.56 Å². The largest absolute Gasteiger partial charge is 0.366 e. The summed E-state index contributed by atoms with van der Waals surface area (Å²) in [6.45, 7) is 0.996. The molecule has 0 aliphatic heterocycles. The molecule has 2 aromatic carbocycles. The fraction of sp³-hybridized carbons (Fsp3) is 0.222. The van der Waals surface area contributed by atoms with Crippen molar-refractivity contribution in [2.75, 3.05) is 25.5 Å². The SMILES string of the molecule is CN(CCc1ccc(Br)cc1)CC(=O)Nc1ccccc1C(N)=O. The van der Waals surface area contributed by atoms with Gasteiger partial charge in [0.25, 0.3) is 5.91 Å². The molecule has 0 aromatic heterocycles. The maximum Gasteiger partial charge on any atom is 0.250 e. The Balaban J connectivity index is 1.85. The van der Waals surface area contributed by atoms with E-state index in [0.29, 0.717) is 11.3 Å². The molecule has 126 valence electrons. The highest BCUT2D eigenvalue weighted by Gasteiger charge is 2.12. The molecule has 0 heterocycles. The van der Waals surface area contributed by atoms with E-state index in [2.05, 4.69) is 33.4 Å². The predicted octanol–water partition coefficient (Wildman–Crippen LogP) is 2.66. The van der Waals surface area contributed by atoms with Crippen molar-refractivity contribution in [1.29, 1.82) is 0 Å². The molecule has 0 aliphatic carbocycles. The van der Waals surface area contributed by atoms with Crippen molar-refractivity contribution in [2.45, 2.75) is 6.42 Å². The monoisotopic (exact) mass is 389 g/mol. The van der Waals surface area contributed by atoms with E-state index >= 15 is 0 Å². The lowest BCUT2D eigenvalue weighted by Crippen LogP contribution is -2.32. The van der Waals surface area contributed by atoms with Crippen molar-refractivity contribution in [2.24, 2.45) is 5.73 Å². The fourth-order valence-corrected chi connectivity index (χ4v) is 2.56. The molecule has 0 saturated carbocycles. The number of para-hydroxylation sites is 1. The van der Waals surface area contributed by atoms with E-state index < -0.39 is 5.91 Å². The Morgan fingerprint density at radius 1 is 1.12 bits per heavy atom. The Morgan fingerprint density at radius 3 is 2.46 bits per heavy atom. The van der Waals surface area contributed by atoms with Gasteiger partial charge in [-0.3, -0.25) is 14.5 Å². The van der Waals surface area contributed by atoms with Crippen LogP contribution in [0.1, 0.15) is 15.9 Å². The molecule has 0 saturated heterocycles. The van der Waals surface area contributed by atoms with Crippen LogP contribution in [-0.4, -0.2) is 36.9 Å². The van der Waals surface area contributed by atoms with Crippen molar-refractivity contribution in [3.63, 3.8) is 0 Å². The van der Waals surface area contributed by atoms with E-state index in [4.69, 9.17) is 5.73 Å². The van der Waals surface area contributed by atoms with Gasteiger partial charge in [0.1, 0.15) is 0 Å². The first-order chi connectivity index (χ1) is 11.5. The minimum atomic E-state index is -0.561. The lowest BCUT2D eigenvalue weighted by molar-refractivity contribution is -0.117. The Kier molecular flexibility index (Phi) is 6.52. The molecule has 0 aliphatic rings. The van der Waals surface area contributed by atoms with Crippen LogP contribution >= 0.6 is 15.9 Å². The number of nitrogens with one attached hydrogen (secondary N) is 1. The number of nitrogens with two attached hydrogens (primary N) is 1. The second-order valence-corrected chi connectivity index (χ2v) is 6.49. The van der Waals surface area contributed by atoms with Crippen LogP contribution in [0.4, 0.5) is 5.69 Å². The Bertz CT molecular complexity index is 716. The third kappa shape index (κ3) is 5.47. The zero-order valence-corrected chi connectivity index (χ0v) is 15.0. The van der Waals surface area contributed by atoms with E-state index in [0.717, 1.165) is 17.4 Å². The summed E-state index contributed by atoms with van der Waals surface area (Å²) in [5, 5.41) is 2.74. The molecule has 2 rings (SSSR count). The highest BCUT2D eigenvalue weighted by Crippen LogP contribution is 2.14. The molecule has 3 N–H and O–H groups in total. The predicted molar refractivity (Wildman–Crippen MR) is 98.9 cm³/mol. The van der Waals surface area contributed by atoms with Crippen molar-refractivity contribution >= 4 is 33.4 Å². The summed E-state index contributed by atoms with van der Waals surface area (Å²) >= 11 is 3.41. The minimum Gasteiger partial charge on any atom is -0.366 e. The summed E-state index contributed by atoms with van der Waals surface area (Å²) in [6, 6.07) is 14.8. The number of anilines is 1. The van der Waals surface area contributed by atoms with Gasteiger partial charge in [0.15, 0.2) is 0 Å². The highest BCUT2D eigenvalue weighted by molar-refractivity contribution is 9.10. The average molecular weight is 390 g/mol. The van der Waals surface area contributed by atoms with Crippen LogP contribution in [0.5, 0.6) is 0 Å². The normalized spacial score (nSPS) is 10.6. The van der Waals surface area contributed by atoms with Crippen LogP contribution < -0.4 is 11.1 Å². The molecule has 2 aromatic rings. The van der Waals surface area contributed by atoms with E-state index in [1.54, 1.807) is 24.3 Å². The molecule has 0 unspecified atom stereocenters. The molecule has 0 spiro atoms. The number of carbonyl (C=O) groups is 2. The number of nitrogens with zero attached hydrogens (tertiary/aromatic N) is 1. The lowest BCUT2D eigenvalue weighted by Gasteiger charge is -2.17. The Labute approximate surface area is 150 Å². The van der Waals surface area contributed by atoms with E-state index in [9.17, 15) is 9.59 Å². The number of likely N-dealkylation sites (N-methyl/N-ethyl adjacent to an activating group) is 1. The first-order valence-corrected chi connectivity index (χ1v) is 8.36. The number of rotatable bonds is 7. The van der Waals surface area contributed by atoms with Gasteiger partial charge in [0, 0.05) is 11.0 Å². The lowest BCUT2D eigenvalue weighted by atomic mass is 10.1. The average Bonchev–Trinajstić information content (AvgIpc) is 2.54. The molecule has 0 fully saturated rings. The number of benzene rings is 2. The smallest absolute Gasteiger partial charge is 0.250 e. The van der Waals surface area contributed by atoms with Gasteiger partial charge in [0.2, 0.25) is 5.91 Å². The van der Waals surface area contributed by atoms with Crippen LogP contribution in [0.2, 0.25) is 0 Å². The van der Waals surface area contributed by atoms with Crippen molar-refractivity contribution in [3.8, 4) is 0 Å². The molecule has 0 bridgehead atoms. The quantitative estimate of drug-likeness (QED) is 0.763. The van der Waals surface area contributed by atoms with Crippen molar-refractivity contribution in [1.82, 2.24) is 4.90 Å². The molecule has 5 nitrogen and oxygen atoms in total. The van der Waals surface area contributed by atoms with Gasteiger partial charge in [-0.1, -0.05) is 40.2 Å². The van der Waals surface area contributed by atoms with Crippen LogP contribution in [0.3, 0.4) is 0 Å². The molecule has 2 amide bonds. The topological polar surface area (TPSA) is 75.4 Å². The zero-order valence-electron chi connectivity index (χ0n) is 13.5. The fourth-order valence-electron chi connectivity index (χ4n) is 2.29. The highest BCUT2D eigenvalue weighted by atomic mass is 79.9. The number of amides is 2. The van der Waals surface area contributed by atoms with Crippen molar-refractivity contribution < 1.29 is 9.59 Å². The van der Waals surface area contributed by atoms with Gasteiger partial charge in [-0.2, -0.15) is 0 Å². The summed E-state index contributed by atoms with van der Waals surface area (Å²) in [6.07, 6.45) is 0.856. The summed E-state index contributed by atoms with van der Waals surface area (Å²) in [4.78, 5) is 25.4. The van der Waals surface area contributed by atoms with Crippen molar-refractivity contribution in [3.05, 3.63) is 64.1 Å². The Morgan fingerprint density at radius 2 is 1.79 bits per heavy atom. The number of hydrogen-bond donors (Lipinski definition) is 2. The van der Waals surface area contributed by atoms with Gasteiger partial charge >= 0.3 is 0 Å². The molecule has 6 heteroatoms. The van der Waals surface area contributed by atoms with E-state index in [1.807, 2.05) is 24.1 Å². The standard InChI is InChI=1S/C18H20BrN3O2/c1-22(11-10-13-6-8-14(19)9-7-13)12-17(23)21-16-5-3-2-4-15(16)18(20)24/h2-9H,10-12H2,1H3,(H2,20,24)(H,21,23). The molecule has 0 atom stereocenters. The molecule has 0 radical (unpaired) electrons. The maximum absolute atomic E-state index is 12.1. The molecule has 24 heavy (non-hydrogen) atoms. The second-order valence-electron chi connectivity index (χ2n) is 5.57. The first kappa shape index (κ1) is 18.2. The second kappa shape index (κ2) is 8.61. The number of primary amides is 1. The number of halogens is 1. The summed E-state index contributed by atoms with van der Waals surface area (Å²) < 4.78 is 1.05. The summed E-state index contributed by atoms with van der Waals surface area (Å²) in [7, 11) is 1.89. The Hall–Kier alpha value is -2.18. The third-order valence-corrected chi connectivity index (χ3v) is 4.10. The van der Waals surface area contributed by atoms with Gasteiger partial charge in [0.05, 0.1) is 17.8 Å². The molecular formula is C18H20BrN3O2. The minimum absolute atomic E-state index is 0.179. The summed E-state index contributed by atoms with van der Waals surface area (Å²) in [5.41, 5.74) is 7.27. The molecular weight excluding hydrogens is 370 g/mol. The van der Waals surface area contributed by atoms with Gasteiger partial charge < -0.3 is 11.1 Å².